The van der Waals surface area contributed by atoms with E-state index in [2.05, 4.69) is 0 Å². The molecule has 0 aliphatic heterocycles. The quantitative estimate of drug-likeness (QED) is 0.837. The molecule has 1 fully saturated rings. The van der Waals surface area contributed by atoms with Crippen LogP contribution < -0.4 is 0 Å². The topological polar surface area (TPSA) is 74.6 Å². The molecule has 0 aromatic heterocycles. The molecule has 92 valence electrons. The van der Waals surface area contributed by atoms with Gasteiger partial charge in [0.15, 0.2) is 0 Å². The molecule has 0 radical (unpaired) electrons. The first-order valence-corrected chi connectivity index (χ1v) is 5.84. The zero-order valence-electron chi connectivity index (χ0n) is 9.59. The minimum atomic E-state index is -0.963. The fourth-order valence-electron chi connectivity index (χ4n) is 2.97. The Bertz CT molecular complexity index is 587. The van der Waals surface area contributed by atoms with Crippen LogP contribution in [0.1, 0.15) is 40.2 Å². The van der Waals surface area contributed by atoms with E-state index in [1.165, 1.54) is 0 Å². The molecule has 1 aromatic carbocycles. The SMILES string of the molecule is O=C(O)c1ccc2c(c1)C=CC1(C(=O)O)CCC21. The minimum Gasteiger partial charge on any atom is -0.481 e. The Balaban J connectivity index is 2.09. The van der Waals surface area contributed by atoms with Gasteiger partial charge in [-0.25, -0.2) is 4.79 Å². The van der Waals surface area contributed by atoms with Crippen molar-refractivity contribution in [1.29, 1.82) is 0 Å². The first-order valence-electron chi connectivity index (χ1n) is 5.84. The van der Waals surface area contributed by atoms with Gasteiger partial charge in [-0.2, -0.15) is 0 Å². The Labute approximate surface area is 104 Å². The third kappa shape index (κ3) is 1.26. The number of hydrogen-bond acceptors (Lipinski definition) is 2. The van der Waals surface area contributed by atoms with E-state index in [1.54, 1.807) is 30.4 Å². The Morgan fingerprint density at radius 1 is 1.28 bits per heavy atom. The van der Waals surface area contributed by atoms with Crippen molar-refractivity contribution >= 4 is 18.0 Å². The number of aromatic carboxylic acids is 1. The van der Waals surface area contributed by atoms with Crippen LogP contribution in [0.25, 0.3) is 6.08 Å². The lowest BCUT2D eigenvalue weighted by Crippen LogP contribution is -2.45. The average molecular weight is 244 g/mol. The molecular formula is C14H12O4. The van der Waals surface area contributed by atoms with Gasteiger partial charge >= 0.3 is 11.9 Å². The number of rotatable bonds is 2. The Morgan fingerprint density at radius 3 is 2.61 bits per heavy atom. The summed E-state index contributed by atoms with van der Waals surface area (Å²) in [6, 6.07) is 4.91. The molecule has 0 saturated heterocycles. The number of benzene rings is 1. The summed E-state index contributed by atoms with van der Waals surface area (Å²) in [7, 11) is 0. The van der Waals surface area contributed by atoms with Crippen molar-refractivity contribution in [3.8, 4) is 0 Å². The van der Waals surface area contributed by atoms with Crippen LogP contribution in [0.15, 0.2) is 24.3 Å². The summed E-state index contributed by atoms with van der Waals surface area (Å²) in [5.41, 5.74) is 1.26. The van der Waals surface area contributed by atoms with E-state index >= 15 is 0 Å². The van der Waals surface area contributed by atoms with Gasteiger partial charge in [-0.1, -0.05) is 18.2 Å². The normalized spacial score (nSPS) is 27.9. The average Bonchev–Trinajstić information content (AvgIpc) is 2.28. The molecule has 2 N–H and O–H groups in total. The second-order valence-corrected chi connectivity index (χ2v) is 4.92. The lowest BCUT2D eigenvalue weighted by molar-refractivity contribution is -0.152. The number of carbonyl (C=O) groups is 2. The van der Waals surface area contributed by atoms with Gasteiger partial charge in [0.1, 0.15) is 0 Å². The maximum absolute atomic E-state index is 11.4. The van der Waals surface area contributed by atoms with Gasteiger partial charge in [-0.15, -0.1) is 0 Å². The van der Waals surface area contributed by atoms with Crippen molar-refractivity contribution in [2.75, 3.05) is 0 Å². The van der Waals surface area contributed by atoms with Crippen LogP contribution in [0.2, 0.25) is 0 Å². The summed E-state index contributed by atoms with van der Waals surface area (Å²) in [6.45, 7) is 0. The lowest BCUT2D eigenvalue weighted by atomic mass is 9.55. The van der Waals surface area contributed by atoms with E-state index in [9.17, 15) is 14.7 Å². The second-order valence-electron chi connectivity index (χ2n) is 4.92. The molecule has 0 amide bonds. The number of fused-ring (bicyclic) bond motifs is 3. The first kappa shape index (κ1) is 11.0. The summed E-state index contributed by atoms with van der Waals surface area (Å²) < 4.78 is 0. The molecule has 4 nitrogen and oxygen atoms in total. The predicted molar refractivity (Wildman–Crippen MR) is 64.5 cm³/mol. The molecule has 2 unspecified atom stereocenters. The van der Waals surface area contributed by atoms with Gasteiger partial charge in [0.2, 0.25) is 0 Å². The van der Waals surface area contributed by atoms with E-state index in [1.807, 2.05) is 0 Å². The second kappa shape index (κ2) is 3.45. The standard InChI is InChI=1S/C14H12O4/c15-12(16)9-1-2-10-8(7-9)3-5-14(13(17)18)6-4-11(10)14/h1-3,5,7,11H,4,6H2,(H,15,16)(H,17,18). The van der Waals surface area contributed by atoms with Crippen LogP contribution in [-0.2, 0) is 4.79 Å². The van der Waals surface area contributed by atoms with Crippen LogP contribution in [0.5, 0.6) is 0 Å². The first-order chi connectivity index (χ1) is 8.54. The van der Waals surface area contributed by atoms with E-state index in [-0.39, 0.29) is 11.5 Å². The van der Waals surface area contributed by atoms with Crippen LogP contribution in [-0.4, -0.2) is 22.2 Å². The zero-order chi connectivity index (χ0) is 12.9. The Kier molecular flexibility index (Phi) is 2.11. The maximum Gasteiger partial charge on any atom is 0.335 e. The van der Waals surface area contributed by atoms with Gasteiger partial charge in [0.05, 0.1) is 11.0 Å². The summed E-state index contributed by atoms with van der Waals surface area (Å²) in [5, 5.41) is 18.3. The van der Waals surface area contributed by atoms with Crippen LogP contribution in [0.4, 0.5) is 0 Å². The van der Waals surface area contributed by atoms with Gasteiger partial charge in [-0.05, 0) is 36.1 Å². The molecule has 1 aromatic rings. The predicted octanol–water partition coefficient (Wildman–Crippen LogP) is 2.36. The molecule has 4 heteroatoms. The number of carboxylic acids is 2. The molecule has 0 bridgehead atoms. The Morgan fingerprint density at radius 2 is 2.06 bits per heavy atom. The van der Waals surface area contributed by atoms with E-state index in [0.29, 0.717) is 6.42 Å². The van der Waals surface area contributed by atoms with Crippen molar-refractivity contribution in [3.05, 3.63) is 41.0 Å². The monoisotopic (exact) mass is 244 g/mol. The van der Waals surface area contributed by atoms with Gasteiger partial charge in [0.25, 0.3) is 0 Å². The zero-order valence-corrected chi connectivity index (χ0v) is 9.59. The van der Waals surface area contributed by atoms with E-state index < -0.39 is 17.4 Å². The van der Waals surface area contributed by atoms with Crippen LogP contribution in [0.3, 0.4) is 0 Å². The highest BCUT2D eigenvalue weighted by atomic mass is 16.4. The fourth-order valence-corrected chi connectivity index (χ4v) is 2.97. The van der Waals surface area contributed by atoms with E-state index in [4.69, 9.17) is 5.11 Å². The summed E-state index contributed by atoms with van der Waals surface area (Å²) in [6.07, 6.45) is 4.96. The van der Waals surface area contributed by atoms with Gasteiger partial charge < -0.3 is 10.2 Å². The fraction of sp³-hybridized carbons (Fsp3) is 0.286. The van der Waals surface area contributed by atoms with Gasteiger partial charge in [-0.3, -0.25) is 4.79 Å². The van der Waals surface area contributed by atoms with Crippen molar-refractivity contribution in [3.63, 3.8) is 0 Å². The molecule has 0 heterocycles. The van der Waals surface area contributed by atoms with E-state index in [0.717, 1.165) is 17.5 Å². The highest BCUT2D eigenvalue weighted by Crippen LogP contribution is 2.57. The van der Waals surface area contributed by atoms with Crippen molar-refractivity contribution in [2.45, 2.75) is 18.8 Å². The molecular weight excluding hydrogens is 232 g/mol. The van der Waals surface area contributed by atoms with Crippen molar-refractivity contribution in [2.24, 2.45) is 5.41 Å². The highest BCUT2D eigenvalue weighted by molar-refractivity contribution is 5.90. The molecule has 2 aliphatic rings. The number of hydrogen-bond donors (Lipinski definition) is 2. The molecule has 2 atom stereocenters. The largest absolute Gasteiger partial charge is 0.481 e. The maximum atomic E-state index is 11.4. The number of aliphatic carboxylic acids is 1. The summed E-state index contributed by atoms with van der Waals surface area (Å²) in [4.78, 5) is 22.3. The van der Waals surface area contributed by atoms with Crippen LogP contribution >= 0.6 is 0 Å². The minimum absolute atomic E-state index is 0.0159. The van der Waals surface area contributed by atoms with Crippen molar-refractivity contribution < 1.29 is 19.8 Å². The summed E-state index contributed by atoms with van der Waals surface area (Å²) in [5.74, 6) is -1.77. The number of carboxylic acid groups (broad SMARTS) is 2. The molecule has 2 aliphatic carbocycles. The third-order valence-electron chi connectivity index (χ3n) is 4.14. The van der Waals surface area contributed by atoms with Crippen LogP contribution in [0, 0.1) is 5.41 Å². The van der Waals surface area contributed by atoms with Crippen molar-refractivity contribution in [1.82, 2.24) is 0 Å². The lowest BCUT2D eigenvalue weighted by Gasteiger charge is -2.47. The molecule has 1 saturated carbocycles. The Hall–Kier alpha value is -2.10. The smallest absolute Gasteiger partial charge is 0.335 e. The van der Waals surface area contributed by atoms with Gasteiger partial charge in [0, 0.05) is 5.92 Å². The highest BCUT2D eigenvalue weighted by Gasteiger charge is 2.53. The molecule has 18 heavy (non-hydrogen) atoms. The summed E-state index contributed by atoms with van der Waals surface area (Å²) >= 11 is 0. The molecule has 3 rings (SSSR count). The molecule has 0 spiro atoms. The third-order valence-corrected chi connectivity index (χ3v) is 4.14.